The number of morpholine rings is 1. The van der Waals surface area contributed by atoms with Gasteiger partial charge in [0.15, 0.2) is 5.13 Å². The van der Waals surface area contributed by atoms with E-state index in [9.17, 15) is 4.79 Å². The molecule has 1 amide bonds. The van der Waals surface area contributed by atoms with Gasteiger partial charge in [-0.3, -0.25) is 15.0 Å². The van der Waals surface area contributed by atoms with Gasteiger partial charge in [0.1, 0.15) is 0 Å². The van der Waals surface area contributed by atoms with Crippen molar-refractivity contribution in [2.24, 2.45) is 0 Å². The molecule has 2 aromatic heterocycles. The SMILES string of the molecule is Cc1nc2ccc(C(=O)Nc3nc(CN4C[C@H](C)O[C@@H](C)C4)cs3)cc2nc1C. The van der Waals surface area contributed by atoms with Gasteiger partial charge in [0.2, 0.25) is 0 Å². The van der Waals surface area contributed by atoms with Crippen molar-refractivity contribution in [3.8, 4) is 0 Å². The first-order valence-corrected chi connectivity index (χ1v) is 10.6. The maximum atomic E-state index is 12.7. The van der Waals surface area contributed by atoms with E-state index in [2.05, 4.69) is 39.0 Å². The van der Waals surface area contributed by atoms with Crippen molar-refractivity contribution in [3.05, 3.63) is 46.2 Å². The summed E-state index contributed by atoms with van der Waals surface area (Å²) in [5.74, 6) is -0.193. The molecule has 0 saturated carbocycles. The van der Waals surface area contributed by atoms with Crippen molar-refractivity contribution in [3.63, 3.8) is 0 Å². The summed E-state index contributed by atoms with van der Waals surface area (Å²) in [4.78, 5) is 28.6. The molecule has 4 rings (SSSR count). The largest absolute Gasteiger partial charge is 0.373 e. The van der Waals surface area contributed by atoms with E-state index < -0.39 is 0 Å². The van der Waals surface area contributed by atoms with Gasteiger partial charge in [-0.2, -0.15) is 0 Å². The van der Waals surface area contributed by atoms with Crippen molar-refractivity contribution >= 4 is 33.4 Å². The minimum absolute atomic E-state index is 0.193. The Bertz CT molecular complexity index is 1040. The van der Waals surface area contributed by atoms with Gasteiger partial charge >= 0.3 is 0 Å². The predicted molar refractivity (Wildman–Crippen MR) is 114 cm³/mol. The molecule has 2 atom stereocenters. The lowest BCUT2D eigenvalue weighted by Crippen LogP contribution is -2.44. The van der Waals surface area contributed by atoms with Gasteiger partial charge in [0.25, 0.3) is 5.91 Å². The number of thiazole rings is 1. The molecule has 0 radical (unpaired) electrons. The lowest BCUT2D eigenvalue weighted by Gasteiger charge is -2.34. The molecular formula is C21H25N5O2S. The Balaban J connectivity index is 1.44. The van der Waals surface area contributed by atoms with Crippen LogP contribution in [0, 0.1) is 13.8 Å². The number of aromatic nitrogens is 3. The summed E-state index contributed by atoms with van der Waals surface area (Å²) in [6, 6.07) is 5.37. The van der Waals surface area contributed by atoms with Crippen LogP contribution in [0.3, 0.4) is 0 Å². The number of rotatable bonds is 4. The maximum Gasteiger partial charge on any atom is 0.257 e. The highest BCUT2D eigenvalue weighted by Gasteiger charge is 2.23. The number of aryl methyl sites for hydroxylation is 2. The third-order valence-electron chi connectivity index (χ3n) is 4.99. The van der Waals surface area contributed by atoms with Gasteiger partial charge < -0.3 is 4.74 Å². The van der Waals surface area contributed by atoms with E-state index in [1.165, 1.54) is 11.3 Å². The first-order valence-electron chi connectivity index (χ1n) is 9.76. The fraction of sp³-hybridized carbons (Fsp3) is 0.429. The number of anilines is 1. The summed E-state index contributed by atoms with van der Waals surface area (Å²) in [5, 5.41) is 5.50. The van der Waals surface area contributed by atoms with E-state index in [1.54, 1.807) is 12.1 Å². The third-order valence-corrected chi connectivity index (χ3v) is 5.80. The third kappa shape index (κ3) is 4.60. The van der Waals surface area contributed by atoms with E-state index in [0.29, 0.717) is 10.7 Å². The van der Waals surface area contributed by atoms with E-state index >= 15 is 0 Å². The second kappa shape index (κ2) is 8.14. The van der Waals surface area contributed by atoms with Gasteiger partial charge in [-0.25, -0.2) is 15.0 Å². The molecular weight excluding hydrogens is 386 g/mol. The lowest BCUT2D eigenvalue weighted by atomic mass is 10.1. The second-order valence-corrected chi connectivity index (χ2v) is 8.51. The van der Waals surface area contributed by atoms with E-state index in [-0.39, 0.29) is 18.1 Å². The summed E-state index contributed by atoms with van der Waals surface area (Å²) in [6.45, 7) is 10.6. The zero-order valence-electron chi connectivity index (χ0n) is 17.1. The van der Waals surface area contributed by atoms with Crippen LogP contribution < -0.4 is 5.32 Å². The Morgan fingerprint density at radius 1 is 1.14 bits per heavy atom. The van der Waals surface area contributed by atoms with Crippen molar-refractivity contribution in [1.29, 1.82) is 0 Å². The summed E-state index contributed by atoms with van der Waals surface area (Å²) < 4.78 is 5.78. The molecule has 0 unspecified atom stereocenters. The van der Waals surface area contributed by atoms with Crippen LogP contribution in [-0.2, 0) is 11.3 Å². The zero-order valence-corrected chi connectivity index (χ0v) is 17.9. The standard InChI is InChI=1S/C21H25N5O2S/c1-12-8-26(9-13(2)28-12)10-17-11-29-21(24-17)25-20(27)16-5-6-18-19(7-16)23-15(4)14(3)22-18/h5-7,11-13H,8-10H2,1-4H3,(H,24,25,27)/t12-,13-/m0/s1. The highest BCUT2D eigenvalue weighted by molar-refractivity contribution is 7.14. The Hall–Kier alpha value is -2.42. The highest BCUT2D eigenvalue weighted by Crippen LogP contribution is 2.21. The first-order chi connectivity index (χ1) is 13.9. The number of nitrogens with zero attached hydrogens (tertiary/aromatic N) is 4. The normalized spacial score (nSPS) is 20.1. The molecule has 3 heterocycles. The fourth-order valence-corrected chi connectivity index (χ4v) is 4.32. The highest BCUT2D eigenvalue weighted by atomic mass is 32.1. The van der Waals surface area contributed by atoms with Crippen molar-refractivity contribution in [2.75, 3.05) is 18.4 Å². The molecule has 1 saturated heterocycles. The fourth-order valence-electron chi connectivity index (χ4n) is 3.62. The Kier molecular flexibility index (Phi) is 5.58. The number of fused-ring (bicyclic) bond motifs is 1. The second-order valence-electron chi connectivity index (χ2n) is 7.65. The van der Waals surface area contributed by atoms with Crippen LogP contribution in [0.25, 0.3) is 11.0 Å². The minimum atomic E-state index is -0.193. The van der Waals surface area contributed by atoms with Gasteiger partial charge in [0.05, 0.1) is 40.3 Å². The minimum Gasteiger partial charge on any atom is -0.373 e. The monoisotopic (exact) mass is 411 g/mol. The quantitative estimate of drug-likeness (QED) is 0.707. The van der Waals surface area contributed by atoms with Crippen molar-refractivity contribution in [2.45, 2.75) is 46.4 Å². The van der Waals surface area contributed by atoms with Gasteiger partial charge in [-0.05, 0) is 45.9 Å². The number of carbonyl (C=O) groups is 1. The van der Waals surface area contributed by atoms with Crippen LogP contribution in [-0.4, -0.2) is 51.1 Å². The molecule has 0 spiro atoms. The van der Waals surface area contributed by atoms with Crippen molar-refractivity contribution in [1.82, 2.24) is 19.9 Å². The Morgan fingerprint density at radius 3 is 2.55 bits per heavy atom. The van der Waals surface area contributed by atoms with Crippen LogP contribution in [0.1, 0.15) is 41.3 Å². The molecule has 1 aliphatic rings. The summed E-state index contributed by atoms with van der Waals surface area (Å²) in [7, 11) is 0. The average Bonchev–Trinajstić information content (AvgIpc) is 3.08. The zero-order chi connectivity index (χ0) is 20.5. The van der Waals surface area contributed by atoms with Crippen LogP contribution in [0.5, 0.6) is 0 Å². The molecule has 0 bridgehead atoms. The summed E-state index contributed by atoms with van der Waals surface area (Å²) in [6.07, 6.45) is 0.444. The number of amides is 1. The number of carbonyl (C=O) groups excluding carboxylic acids is 1. The molecule has 1 aliphatic heterocycles. The molecule has 3 aromatic rings. The number of hydrogen-bond acceptors (Lipinski definition) is 7. The maximum absolute atomic E-state index is 12.7. The predicted octanol–water partition coefficient (Wildman–Crippen LogP) is 3.56. The first kappa shape index (κ1) is 19.9. The number of ether oxygens (including phenoxy) is 1. The van der Waals surface area contributed by atoms with Crippen LogP contribution in [0.4, 0.5) is 5.13 Å². The van der Waals surface area contributed by atoms with E-state index in [4.69, 9.17) is 4.74 Å². The molecule has 7 nitrogen and oxygen atoms in total. The van der Waals surface area contributed by atoms with Crippen LogP contribution in [0.2, 0.25) is 0 Å². The Labute approximate surface area is 174 Å². The van der Waals surface area contributed by atoms with E-state index in [1.807, 2.05) is 25.3 Å². The summed E-state index contributed by atoms with van der Waals surface area (Å²) >= 11 is 1.44. The number of benzene rings is 1. The molecule has 8 heteroatoms. The van der Waals surface area contributed by atoms with Gasteiger partial charge in [0, 0.05) is 30.6 Å². The molecule has 152 valence electrons. The van der Waals surface area contributed by atoms with Gasteiger partial charge in [-0.15, -0.1) is 11.3 Å². The lowest BCUT2D eigenvalue weighted by molar-refractivity contribution is -0.0707. The summed E-state index contributed by atoms with van der Waals surface area (Å²) in [5.41, 5.74) is 4.77. The average molecular weight is 412 g/mol. The van der Waals surface area contributed by atoms with Crippen LogP contribution in [0.15, 0.2) is 23.6 Å². The number of hydrogen-bond donors (Lipinski definition) is 1. The molecule has 1 N–H and O–H groups in total. The Morgan fingerprint density at radius 2 is 1.83 bits per heavy atom. The van der Waals surface area contributed by atoms with Gasteiger partial charge in [-0.1, -0.05) is 0 Å². The topological polar surface area (TPSA) is 80.2 Å². The number of nitrogens with one attached hydrogen (secondary N) is 1. The van der Waals surface area contributed by atoms with Crippen LogP contribution >= 0.6 is 11.3 Å². The van der Waals surface area contributed by atoms with E-state index in [0.717, 1.165) is 47.7 Å². The molecule has 1 aromatic carbocycles. The molecule has 0 aliphatic carbocycles. The molecule has 29 heavy (non-hydrogen) atoms. The molecule has 1 fully saturated rings. The van der Waals surface area contributed by atoms with Crippen molar-refractivity contribution < 1.29 is 9.53 Å². The smallest absolute Gasteiger partial charge is 0.257 e.